The van der Waals surface area contributed by atoms with Gasteiger partial charge < -0.3 is 0 Å². The summed E-state index contributed by atoms with van der Waals surface area (Å²) in [5.41, 5.74) is 3.82. The van der Waals surface area contributed by atoms with Crippen LogP contribution in [0.4, 0.5) is 5.13 Å². The van der Waals surface area contributed by atoms with E-state index in [9.17, 15) is 4.79 Å². The molecule has 102 valence electrons. The van der Waals surface area contributed by atoms with Gasteiger partial charge in [-0.25, -0.2) is 4.98 Å². The lowest BCUT2D eigenvalue weighted by atomic mass is 10.1. The number of fused-ring (bicyclic) bond motifs is 1. The summed E-state index contributed by atoms with van der Waals surface area (Å²) >= 11 is 1.48. The maximum atomic E-state index is 12.1. The molecule has 0 saturated heterocycles. The summed E-state index contributed by atoms with van der Waals surface area (Å²) in [6, 6.07) is 5.79. The highest BCUT2D eigenvalue weighted by atomic mass is 32.1. The monoisotopic (exact) mass is 286 g/mol. The molecule has 1 aromatic carbocycles. The van der Waals surface area contributed by atoms with Gasteiger partial charge in [0, 0.05) is 13.2 Å². The van der Waals surface area contributed by atoms with E-state index in [-0.39, 0.29) is 5.91 Å². The molecule has 0 spiro atoms. The Morgan fingerprint density at radius 2 is 2.10 bits per heavy atom. The third kappa shape index (κ3) is 2.08. The molecule has 0 aliphatic rings. The van der Waals surface area contributed by atoms with Crippen molar-refractivity contribution in [2.75, 3.05) is 5.32 Å². The van der Waals surface area contributed by atoms with Crippen LogP contribution in [-0.2, 0) is 7.05 Å². The summed E-state index contributed by atoms with van der Waals surface area (Å²) in [6.45, 7) is 4.10. The molecule has 3 rings (SSSR count). The van der Waals surface area contributed by atoms with E-state index < -0.39 is 0 Å². The van der Waals surface area contributed by atoms with E-state index in [2.05, 4.69) is 28.4 Å². The number of aromatic nitrogens is 3. The Balaban J connectivity index is 1.94. The summed E-state index contributed by atoms with van der Waals surface area (Å²) in [4.78, 5) is 16.6. The van der Waals surface area contributed by atoms with Crippen molar-refractivity contribution >= 4 is 32.6 Å². The van der Waals surface area contributed by atoms with Crippen molar-refractivity contribution in [3.63, 3.8) is 0 Å². The third-order valence-corrected chi connectivity index (χ3v) is 4.29. The lowest BCUT2D eigenvalue weighted by Crippen LogP contribution is -2.15. The summed E-state index contributed by atoms with van der Waals surface area (Å²) < 4.78 is 2.62. The van der Waals surface area contributed by atoms with Gasteiger partial charge in [-0.1, -0.05) is 17.4 Å². The van der Waals surface area contributed by atoms with Gasteiger partial charge in [0.05, 0.1) is 10.2 Å². The predicted octanol–water partition coefficient (Wildman–Crippen LogP) is 2.90. The molecule has 1 amide bonds. The fourth-order valence-electron chi connectivity index (χ4n) is 2.04. The standard InChI is InChI=1S/C14H14N4OS/c1-8-4-5-11-12(9(8)2)16-14(20-11)17-13(19)10-6-7-15-18(10)3/h4-7H,1-3H3,(H,16,17,19). The number of amides is 1. The van der Waals surface area contributed by atoms with E-state index in [0.29, 0.717) is 10.8 Å². The number of thiazole rings is 1. The van der Waals surface area contributed by atoms with Crippen molar-refractivity contribution in [1.82, 2.24) is 14.8 Å². The van der Waals surface area contributed by atoms with E-state index in [1.807, 2.05) is 13.0 Å². The van der Waals surface area contributed by atoms with Gasteiger partial charge in [0.1, 0.15) is 5.69 Å². The lowest BCUT2D eigenvalue weighted by molar-refractivity contribution is 0.101. The van der Waals surface area contributed by atoms with Gasteiger partial charge in [-0.3, -0.25) is 14.8 Å². The molecule has 0 aliphatic heterocycles. The number of benzene rings is 1. The molecular weight excluding hydrogens is 272 g/mol. The van der Waals surface area contributed by atoms with Crippen molar-refractivity contribution in [2.45, 2.75) is 13.8 Å². The molecule has 2 heterocycles. The number of rotatable bonds is 2. The second-order valence-electron chi connectivity index (χ2n) is 4.67. The number of nitrogens with zero attached hydrogens (tertiary/aromatic N) is 3. The summed E-state index contributed by atoms with van der Waals surface area (Å²) in [5, 5.41) is 7.43. The van der Waals surface area contributed by atoms with Crippen LogP contribution in [0.3, 0.4) is 0 Å². The largest absolute Gasteiger partial charge is 0.296 e. The molecule has 0 radical (unpaired) electrons. The SMILES string of the molecule is Cc1ccc2sc(NC(=O)c3ccnn3C)nc2c1C. The minimum absolute atomic E-state index is 0.196. The zero-order valence-corrected chi connectivity index (χ0v) is 12.3. The van der Waals surface area contributed by atoms with Crippen LogP contribution in [0.1, 0.15) is 21.6 Å². The normalized spacial score (nSPS) is 10.9. The Hall–Kier alpha value is -2.21. The van der Waals surface area contributed by atoms with Crippen LogP contribution in [-0.4, -0.2) is 20.7 Å². The Labute approximate surface area is 120 Å². The molecule has 3 aromatic rings. The first-order chi connectivity index (χ1) is 9.56. The van der Waals surface area contributed by atoms with Gasteiger partial charge in [0.25, 0.3) is 5.91 Å². The van der Waals surface area contributed by atoms with Crippen LogP contribution in [0.15, 0.2) is 24.4 Å². The van der Waals surface area contributed by atoms with E-state index in [1.165, 1.54) is 21.6 Å². The number of anilines is 1. The van der Waals surface area contributed by atoms with Crippen LogP contribution >= 0.6 is 11.3 Å². The Bertz CT molecular complexity index is 803. The fourth-order valence-corrected chi connectivity index (χ4v) is 2.96. The quantitative estimate of drug-likeness (QED) is 0.788. The number of carbonyl (C=O) groups excluding carboxylic acids is 1. The maximum Gasteiger partial charge on any atom is 0.275 e. The highest BCUT2D eigenvalue weighted by molar-refractivity contribution is 7.22. The second kappa shape index (κ2) is 4.72. The van der Waals surface area contributed by atoms with Crippen molar-refractivity contribution in [3.8, 4) is 0 Å². The highest BCUT2D eigenvalue weighted by Crippen LogP contribution is 2.29. The third-order valence-electron chi connectivity index (χ3n) is 3.36. The van der Waals surface area contributed by atoms with Gasteiger partial charge in [0.2, 0.25) is 0 Å². The van der Waals surface area contributed by atoms with Crippen LogP contribution in [0.25, 0.3) is 10.2 Å². The smallest absolute Gasteiger partial charge is 0.275 e. The predicted molar refractivity (Wildman–Crippen MR) is 80.3 cm³/mol. The topological polar surface area (TPSA) is 59.8 Å². The number of nitrogens with one attached hydrogen (secondary N) is 1. The van der Waals surface area contributed by atoms with Crippen molar-refractivity contribution < 1.29 is 4.79 Å². The number of hydrogen-bond acceptors (Lipinski definition) is 4. The second-order valence-corrected chi connectivity index (χ2v) is 5.70. The first-order valence-electron chi connectivity index (χ1n) is 6.22. The van der Waals surface area contributed by atoms with E-state index in [0.717, 1.165) is 15.8 Å². The van der Waals surface area contributed by atoms with Gasteiger partial charge >= 0.3 is 0 Å². The summed E-state index contributed by atoms with van der Waals surface area (Å²) in [6.07, 6.45) is 1.60. The average Bonchev–Trinajstić information content (AvgIpc) is 3.00. The molecule has 0 aliphatic carbocycles. The molecule has 0 atom stereocenters. The fraction of sp³-hybridized carbons (Fsp3) is 0.214. The van der Waals surface area contributed by atoms with Gasteiger partial charge in [-0.15, -0.1) is 0 Å². The molecule has 0 fully saturated rings. The minimum atomic E-state index is -0.196. The van der Waals surface area contributed by atoms with Crippen molar-refractivity contribution in [3.05, 3.63) is 41.2 Å². The molecular formula is C14H14N4OS. The molecule has 2 aromatic heterocycles. The van der Waals surface area contributed by atoms with Gasteiger partial charge in [-0.2, -0.15) is 5.10 Å². The first-order valence-corrected chi connectivity index (χ1v) is 7.04. The zero-order valence-electron chi connectivity index (χ0n) is 11.5. The lowest BCUT2D eigenvalue weighted by Gasteiger charge is -2.01. The van der Waals surface area contributed by atoms with Gasteiger partial charge in [0.15, 0.2) is 5.13 Å². The average molecular weight is 286 g/mol. The first kappa shape index (κ1) is 12.8. The highest BCUT2D eigenvalue weighted by Gasteiger charge is 2.13. The Morgan fingerprint density at radius 1 is 1.30 bits per heavy atom. The van der Waals surface area contributed by atoms with Crippen molar-refractivity contribution in [1.29, 1.82) is 0 Å². The van der Waals surface area contributed by atoms with Crippen LogP contribution in [0.2, 0.25) is 0 Å². The van der Waals surface area contributed by atoms with Crippen LogP contribution in [0, 0.1) is 13.8 Å². The molecule has 1 N–H and O–H groups in total. The summed E-state index contributed by atoms with van der Waals surface area (Å²) in [5.74, 6) is -0.196. The molecule has 0 bridgehead atoms. The summed E-state index contributed by atoms with van der Waals surface area (Å²) in [7, 11) is 1.74. The maximum absolute atomic E-state index is 12.1. The number of carbonyl (C=O) groups is 1. The minimum Gasteiger partial charge on any atom is -0.296 e. The van der Waals surface area contributed by atoms with E-state index in [4.69, 9.17) is 0 Å². The van der Waals surface area contributed by atoms with Crippen LogP contribution in [0.5, 0.6) is 0 Å². The molecule has 5 nitrogen and oxygen atoms in total. The Morgan fingerprint density at radius 3 is 2.80 bits per heavy atom. The Kier molecular flexibility index (Phi) is 3.02. The van der Waals surface area contributed by atoms with Crippen molar-refractivity contribution in [2.24, 2.45) is 7.05 Å². The van der Waals surface area contributed by atoms with E-state index in [1.54, 1.807) is 19.3 Å². The van der Waals surface area contributed by atoms with E-state index >= 15 is 0 Å². The molecule has 0 saturated carbocycles. The molecule has 6 heteroatoms. The van der Waals surface area contributed by atoms with Gasteiger partial charge in [-0.05, 0) is 37.1 Å². The number of hydrogen-bond donors (Lipinski definition) is 1. The number of aryl methyl sites for hydroxylation is 3. The molecule has 20 heavy (non-hydrogen) atoms. The van der Waals surface area contributed by atoms with Crippen LogP contribution < -0.4 is 5.32 Å². The molecule has 0 unspecified atom stereocenters. The zero-order chi connectivity index (χ0) is 14.3.